The molecule has 7 heteroatoms. The van der Waals surface area contributed by atoms with E-state index in [1.165, 1.54) is 0 Å². The summed E-state index contributed by atoms with van der Waals surface area (Å²) in [5.41, 5.74) is 0. The molecule has 0 aromatic carbocycles. The van der Waals surface area contributed by atoms with Crippen molar-refractivity contribution < 1.29 is 9.59 Å². The predicted octanol–water partition coefficient (Wildman–Crippen LogP) is 0.604. The molecule has 0 saturated carbocycles. The molecule has 0 aliphatic rings. The van der Waals surface area contributed by atoms with E-state index in [0.717, 1.165) is 0 Å². The smallest absolute Gasteiger partial charge is 0.243 e. The number of carbonyl (C=O) groups excluding carboxylic acids is 2. The lowest BCUT2D eigenvalue weighted by Gasteiger charge is -2.26. The van der Waals surface area contributed by atoms with E-state index in [0.29, 0.717) is 13.1 Å². The van der Waals surface area contributed by atoms with Crippen LogP contribution in [0.5, 0.6) is 0 Å². The number of aromatic nitrogens is 2. The molecule has 0 saturated heterocycles. The van der Waals surface area contributed by atoms with E-state index in [9.17, 15) is 9.59 Å². The molecule has 1 atom stereocenters. The Kier molecular flexibility index (Phi) is 6.74. The van der Waals surface area contributed by atoms with Crippen molar-refractivity contribution in [2.24, 2.45) is 0 Å². The highest BCUT2D eigenvalue weighted by atomic mass is 16.2. The first-order valence-electron chi connectivity index (χ1n) is 7.05. The Morgan fingerprint density at radius 2 is 1.81 bits per heavy atom. The molecule has 0 spiro atoms. The zero-order valence-electron chi connectivity index (χ0n) is 13.0. The van der Waals surface area contributed by atoms with Gasteiger partial charge in [-0.3, -0.25) is 19.8 Å². The normalized spacial score (nSPS) is 12.0. The van der Waals surface area contributed by atoms with E-state index in [2.05, 4.69) is 15.3 Å². The van der Waals surface area contributed by atoms with Crippen molar-refractivity contribution >= 4 is 17.8 Å². The third-order valence-corrected chi connectivity index (χ3v) is 3.34. The molecule has 0 bridgehead atoms. The molecule has 7 nitrogen and oxygen atoms in total. The van der Waals surface area contributed by atoms with Crippen molar-refractivity contribution in [3.8, 4) is 0 Å². The maximum Gasteiger partial charge on any atom is 0.243 e. The summed E-state index contributed by atoms with van der Waals surface area (Å²) in [4.78, 5) is 35.4. The molecule has 1 N–H and O–H groups in total. The number of nitrogens with zero attached hydrogens (tertiary/aromatic N) is 4. The molecule has 1 heterocycles. The minimum Gasteiger partial charge on any atom is -0.342 e. The lowest BCUT2D eigenvalue weighted by molar-refractivity contribution is -0.133. The van der Waals surface area contributed by atoms with Crippen molar-refractivity contribution in [2.45, 2.75) is 26.8 Å². The summed E-state index contributed by atoms with van der Waals surface area (Å²) in [6.45, 7) is 7.15. The standard InChI is InChI=1S/C14H23N5O2/c1-5-19(6-2)12(20)10-18(4)11(3)13(21)17-14-15-8-7-9-16-14/h7-9,11H,5-6,10H2,1-4H3,(H,15,16,17,21). The van der Waals surface area contributed by atoms with Gasteiger partial charge in [-0.15, -0.1) is 0 Å². The number of likely N-dealkylation sites (N-methyl/N-ethyl adjacent to an activating group) is 2. The second-order valence-corrected chi connectivity index (χ2v) is 4.72. The lowest BCUT2D eigenvalue weighted by Crippen LogP contribution is -2.46. The molecule has 1 unspecified atom stereocenters. The highest BCUT2D eigenvalue weighted by Crippen LogP contribution is 2.02. The number of hydrogen-bond donors (Lipinski definition) is 1. The summed E-state index contributed by atoms with van der Waals surface area (Å²) in [7, 11) is 1.75. The van der Waals surface area contributed by atoms with Gasteiger partial charge in [0.15, 0.2) is 0 Å². The summed E-state index contributed by atoms with van der Waals surface area (Å²) >= 11 is 0. The van der Waals surface area contributed by atoms with Gasteiger partial charge in [0.1, 0.15) is 0 Å². The van der Waals surface area contributed by atoms with Crippen LogP contribution in [0.1, 0.15) is 20.8 Å². The first kappa shape index (κ1) is 17.0. The molecule has 1 aromatic heterocycles. The van der Waals surface area contributed by atoms with Gasteiger partial charge in [-0.1, -0.05) is 0 Å². The van der Waals surface area contributed by atoms with Gasteiger partial charge >= 0.3 is 0 Å². The molecular weight excluding hydrogens is 270 g/mol. The topological polar surface area (TPSA) is 78.4 Å². The first-order chi connectivity index (χ1) is 9.99. The fourth-order valence-electron chi connectivity index (χ4n) is 1.81. The van der Waals surface area contributed by atoms with E-state index >= 15 is 0 Å². The fraction of sp³-hybridized carbons (Fsp3) is 0.571. The van der Waals surface area contributed by atoms with Gasteiger partial charge in [0.2, 0.25) is 17.8 Å². The van der Waals surface area contributed by atoms with E-state index in [1.807, 2.05) is 13.8 Å². The van der Waals surface area contributed by atoms with Crippen LogP contribution >= 0.6 is 0 Å². The van der Waals surface area contributed by atoms with Gasteiger partial charge in [0.05, 0.1) is 12.6 Å². The Balaban J connectivity index is 2.55. The minimum absolute atomic E-state index is 0.0121. The van der Waals surface area contributed by atoms with Crippen molar-refractivity contribution in [2.75, 3.05) is 32.0 Å². The Morgan fingerprint density at radius 3 is 2.33 bits per heavy atom. The van der Waals surface area contributed by atoms with Crippen LogP contribution < -0.4 is 5.32 Å². The zero-order valence-corrected chi connectivity index (χ0v) is 13.0. The van der Waals surface area contributed by atoms with Gasteiger partial charge in [-0.25, -0.2) is 9.97 Å². The summed E-state index contributed by atoms with van der Waals surface area (Å²) < 4.78 is 0. The monoisotopic (exact) mass is 293 g/mol. The van der Waals surface area contributed by atoms with Crippen molar-refractivity contribution in [1.29, 1.82) is 0 Å². The number of nitrogens with one attached hydrogen (secondary N) is 1. The van der Waals surface area contributed by atoms with Crippen LogP contribution in [0, 0.1) is 0 Å². The van der Waals surface area contributed by atoms with Gasteiger partial charge < -0.3 is 4.90 Å². The van der Waals surface area contributed by atoms with Crippen LogP contribution in [-0.2, 0) is 9.59 Å². The van der Waals surface area contributed by atoms with Crippen LogP contribution in [0.3, 0.4) is 0 Å². The number of amides is 2. The molecule has 2 amide bonds. The average Bonchev–Trinajstić information content (AvgIpc) is 2.48. The van der Waals surface area contributed by atoms with Crippen molar-refractivity contribution in [3.63, 3.8) is 0 Å². The number of rotatable bonds is 7. The van der Waals surface area contributed by atoms with Gasteiger partial charge in [0.25, 0.3) is 0 Å². The van der Waals surface area contributed by atoms with Crippen molar-refractivity contribution in [1.82, 2.24) is 19.8 Å². The SMILES string of the molecule is CCN(CC)C(=O)CN(C)C(C)C(=O)Nc1ncccn1. The highest BCUT2D eigenvalue weighted by Gasteiger charge is 2.22. The molecule has 0 aliphatic carbocycles. The van der Waals surface area contributed by atoms with Gasteiger partial charge in [-0.05, 0) is 33.9 Å². The predicted molar refractivity (Wildman–Crippen MR) is 80.7 cm³/mol. The second kappa shape index (κ2) is 8.31. The summed E-state index contributed by atoms with van der Waals surface area (Å²) in [5, 5.41) is 2.63. The molecule has 1 aromatic rings. The Hall–Kier alpha value is -2.02. The van der Waals surface area contributed by atoms with Gasteiger partial charge in [-0.2, -0.15) is 0 Å². The first-order valence-corrected chi connectivity index (χ1v) is 7.05. The molecule has 0 radical (unpaired) electrons. The van der Waals surface area contributed by atoms with E-state index in [1.54, 1.807) is 42.2 Å². The minimum atomic E-state index is -0.451. The fourth-order valence-corrected chi connectivity index (χ4v) is 1.81. The molecular formula is C14H23N5O2. The van der Waals surface area contributed by atoms with Gasteiger partial charge in [0, 0.05) is 25.5 Å². The Bertz CT molecular complexity index is 462. The van der Waals surface area contributed by atoms with E-state index < -0.39 is 6.04 Å². The molecule has 0 aliphatic heterocycles. The quantitative estimate of drug-likeness (QED) is 0.796. The van der Waals surface area contributed by atoms with Crippen LogP contribution in [0.25, 0.3) is 0 Å². The Labute approximate surface area is 125 Å². The van der Waals surface area contributed by atoms with Crippen molar-refractivity contribution in [3.05, 3.63) is 18.5 Å². The van der Waals surface area contributed by atoms with Crippen LogP contribution in [0.15, 0.2) is 18.5 Å². The Morgan fingerprint density at radius 1 is 1.24 bits per heavy atom. The third kappa shape index (κ3) is 5.11. The van der Waals surface area contributed by atoms with Crippen LogP contribution in [0.2, 0.25) is 0 Å². The number of anilines is 1. The number of carbonyl (C=O) groups is 2. The molecule has 116 valence electrons. The summed E-state index contributed by atoms with van der Waals surface area (Å²) in [6.07, 6.45) is 3.11. The number of hydrogen-bond acceptors (Lipinski definition) is 5. The third-order valence-electron chi connectivity index (χ3n) is 3.34. The van der Waals surface area contributed by atoms with Crippen LogP contribution in [-0.4, -0.2) is 64.3 Å². The van der Waals surface area contributed by atoms with E-state index in [-0.39, 0.29) is 24.3 Å². The zero-order chi connectivity index (χ0) is 15.8. The van der Waals surface area contributed by atoms with E-state index in [4.69, 9.17) is 0 Å². The lowest BCUT2D eigenvalue weighted by atomic mass is 10.2. The second-order valence-electron chi connectivity index (χ2n) is 4.72. The maximum absolute atomic E-state index is 12.1. The summed E-state index contributed by atoms with van der Waals surface area (Å²) in [6, 6.07) is 1.22. The van der Waals surface area contributed by atoms with Crippen LogP contribution in [0.4, 0.5) is 5.95 Å². The molecule has 21 heavy (non-hydrogen) atoms. The molecule has 1 rings (SSSR count). The molecule has 0 fully saturated rings. The highest BCUT2D eigenvalue weighted by molar-refractivity contribution is 5.93. The maximum atomic E-state index is 12.1. The summed E-state index contributed by atoms with van der Waals surface area (Å²) in [5.74, 6) is 0.0342. The average molecular weight is 293 g/mol. The largest absolute Gasteiger partial charge is 0.342 e.